The van der Waals surface area contributed by atoms with Crippen molar-refractivity contribution in [2.75, 3.05) is 7.11 Å². The number of benzene rings is 2. The largest absolute Gasteiger partial charge is 0.496 e. The summed E-state index contributed by atoms with van der Waals surface area (Å²) in [5.74, 6) is 0.766. The van der Waals surface area contributed by atoms with Crippen LogP contribution in [0.1, 0.15) is 18.9 Å². The Labute approximate surface area is 129 Å². The molecule has 0 radical (unpaired) electrons. The van der Waals surface area contributed by atoms with Gasteiger partial charge in [0.05, 0.1) is 7.11 Å². The van der Waals surface area contributed by atoms with Gasteiger partial charge in [-0.3, -0.25) is 0 Å². The van der Waals surface area contributed by atoms with Crippen LogP contribution in [0.25, 0.3) is 22.1 Å². The minimum Gasteiger partial charge on any atom is -0.496 e. The van der Waals surface area contributed by atoms with Gasteiger partial charge >= 0.3 is 5.63 Å². The molecule has 0 N–H and O–H groups in total. The van der Waals surface area contributed by atoms with Crippen LogP contribution in [-0.2, 0) is 6.42 Å². The van der Waals surface area contributed by atoms with Crippen LogP contribution in [0.2, 0.25) is 0 Å². The Kier molecular flexibility index (Phi) is 3.96. The summed E-state index contributed by atoms with van der Waals surface area (Å²) >= 11 is 0. The van der Waals surface area contributed by atoms with Gasteiger partial charge in [0.25, 0.3) is 0 Å². The van der Waals surface area contributed by atoms with Gasteiger partial charge in [0.2, 0.25) is 0 Å². The second kappa shape index (κ2) is 6.06. The maximum Gasteiger partial charge on any atom is 0.336 e. The van der Waals surface area contributed by atoms with Gasteiger partial charge in [0.1, 0.15) is 11.3 Å². The summed E-state index contributed by atoms with van der Waals surface area (Å²) in [4.78, 5) is 11.9. The summed E-state index contributed by atoms with van der Waals surface area (Å²) < 4.78 is 10.8. The first-order valence-corrected chi connectivity index (χ1v) is 7.43. The highest BCUT2D eigenvalue weighted by atomic mass is 16.5. The van der Waals surface area contributed by atoms with Crippen LogP contribution in [-0.4, -0.2) is 7.11 Å². The third-order valence-corrected chi connectivity index (χ3v) is 3.75. The predicted octanol–water partition coefficient (Wildman–Crippen LogP) is 4.42. The molecule has 0 saturated carbocycles. The fourth-order valence-corrected chi connectivity index (χ4v) is 2.75. The number of ether oxygens (including phenoxy) is 1. The molecule has 1 heterocycles. The zero-order chi connectivity index (χ0) is 15.5. The maximum atomic E-state index is 11.9. The molecular weight excluding hydrogens is 276 g/mol. The smallest absolute Gasteiger partial charge is 0.336 e. The van der Waals surface area contributed by atoms with Crippen molar-refractivity contribution in [3.05, 3.63) is 64.5 Å². The zero-order valence-electron chi connectivity index (χ0n) is 12.8. The fourth-order valence-electron chi connectivity index (χ4n) is 2.75. The normalized spacial score (nSPS) is 10.8. The molecule has 0 aliphatic heterocycles. The first-order valence-electron chi connectivity index (χ1n) is 7.43. The van der Waals surface area contributed by atoms with Crippen LogP contribution in [0.15, 0.2) is 57.7 Å². The summed E-state index contributed by atoms with van der Waals surface area (Å²) in [5, 5.41) is 0.940. The van der Waals surface area contributed by atoms with Crippen LogP contribution in [0.5, 0.6) is 5.75 Å². The summed E-state index contributed by atoms with van der Waals surface area (Å²) in [7, 11) is 1.64. The highest BCUT2D eigenvalue weighted by Gasteiger charge is 2.12. The molecule has 112 valence electrons. The maximum absolute atomic E-state index is 11.9. The van der Waals surface area contributed by atoms with E-state index in [0.29, 0.717) is 5.58 Å². The molecule has 0 fully saturated rings. The molecule has 0 unspecified atom stereocenters. The third-order valence-electron chi connectivity index (χ3n) is 3.75. The lowest BCUT2D eigenvalue weighted by Crippen LogP contribution is -2.00. The molecule has 3 heteroatoms. The Balaban J connectivity index is 2.32. The van der Waals surface area contributed by atoms with E-state index in [4.69, 9.17) is 9.15 Å². The van der Waals surface area contributed by atoms with Crippen LogP contribution >= 0.6 is 0 Å². The fraction of sp³-hybridized carbons (Fsp3) is 0.211. The van der Waals surface area contributed by atoms with Gasteiger partial charge in [-0.25, -0.2) is 4.79 Å². The Morgan fingerprint density at radius 2 is 1.86 bits per heavy atom. The van der Waals surface area contributed by atoms with Gasteiger partial charge in [0.15, 0.2) is 0 Å². The third kappa shape index (κ3) is 2.62. The minimum atomic E-state index is -0.350. The van der Waals surface area contributed by atoms with Crippen molar-refractivity contribution in [2.45, 2.75) is 19.8 Å². The van der Waals surface area contributed by atoms with Crippen LogP contribution in [0.4, 0.5) is 0 Å². The van der Waals surface area contributed by atoms with Crippen LogP contribution in [0.3, 0.4) is 0 Å². The molecule has 0 atom stereocenters. The van der Waals surface area contributed by atoms with E-state index in [1.54, 1.807) is 13.2 Å². The summed E-state index contributed by atoms with van der Waals surface area (Å²) in [6.07, 6.45) is 1.95. The number of hydrogen-bond acceptors (Lipinski definition) is 3. The molecule has 3 rings (SSSR count). The van der Waals surface area contributed by atoms with E-state index in [1.165, 1.54) is 0 Å². The lowest BCUT2D eigenvalue weighted by Gasteiger charge is -2.11. The molecule has 2 aromatic carbocycles. The lowest BCUT2D eigenvalue weighted by atomic mass is 9.99. The van der Waals surface area contributed by atoms with Gasteiger partial charge in [-0.1, -0.05) is 43.7 Å². The molecule has 0 amide bonds. The van der Waals surface area contributed by atoms with Crippen molar-refractivity contribution in [2.24, 2.45) is 0 Å². The predicted molar refractivity (Wildman–Crippen MR) is 88.5 cm³/mol. The minimum absolute atomic E-state index is 0.350. The molecule has 0 aliphatic rings. The molecule has 0 aliphatic carbocycles. The number of hydrogen-bond donors (Lipinski definition) is 0. The van der Waals surface area contributed by atoms with Gasteiger partial charge in [-0.2, -0.15) is 0 Å². The average molecular weight is 294 g/mol. The van der Waals surface area contributed by atoms with Crippen LogP contribution < -0.4 is 10.4 Å². The molecule has 3 aromatic rings. The lowest BCUT2D eigenvalue weighted by molar-refractivity contribution is 0.408. The quantitative estimate of drug-likeness (QED) is 0.669. The second-order valence-corrected chi connectivity index (χ2v) is 5.26. The van der Waals surface area contributed by atoms with Crippen molar-refractivity contribution >= 4 is 11.0 Å². The highest BCUT2D eigenvalue weighted by molar-refractivity contribution is 5.94. The zero-order valence-corrected chi connectivity index (χ0v) is 12.8. The summed E-state index contributed by atoms with van der Waals surface area (Å²) in [6, 6.07) is 15.3. The monoisotopic (exact) mass is 294 g/mol. The van der Waals surface area contributed by atoms with E-state index in [-0.39, 0.29) is 5.63 Å². The van der Waals surface area contributed by atoms with Gasteiger partial charge in [-0.15, -0.1) is 0 Å². The van der Waals surface area contributed by atoms with Crippen molar-refractivity contribution < 1.29 is 9.15 Å². The first-order chi connectivity index (χ1) is 10.7. The average Bonchev–Trinajstić information content (AvgIpc) is 2.55. The SMILES string of the molecule is CCCc1cc2c(-c3ccccc3)cc(=O)oc2cc1OC. The topological polar surface area (TPSA) is 39.4 Å². The van der Waals surface area contributed by atoms with E-state index < -0.39 is 0 Å². The van der Waals surface area contributed by atoms with Crippen molar-refractivity contribution in [1.82, 2.24) is 0 Å². The summed E-state index contributed by atoms with van der Waals surface area (Å²) in [6.45, 7) is 2.13. The Morgan fingerprint density at radius 3 is 2.55 bits per heavy atom. The van der Waals surface area contributed by atoms with Crippen molar-refractivity contribution in [3.63, 3.8) is 0 Å². The van der Waals surface area contributed by atoms with E-state index >= 15 is 0 Å². The van der Waals surface area contributed by atoms with E-state index in [9.17, 15) is 4.79 Å². The van der Waals surface area contributed by atoms with E-state index in [1.807, 2.05) is 36.4 Å². The molecule has 22 heavy (non-hydrogen) atoms. The number of aryl methyl sites for hydroxylation is 1. The Morgan fingerprint density at radius 1 is 1.09 bits per heavy atom. The number of fused-ring (bicyclic) bond motifs is 1. The standard InChI is InChI=1S/C19H18O3/c1-3-7-14-10-16-15(13-8-5-4-6-9-13)11-19(20)22-18(16)12-17(14)21-2/h4-6,8-12H,3,7H2,1-2H3. The number of methoxy groups -OCH3 is 1. The van der Waals surface area contributed by atoms with Gasteiger partial charge < -0.3 is 9.15 Å². The van der Waals surface area contributed by atoms with Crippen molar-refractivity contribution in [1.29, 1.82) is 0 Å². The molecule has 1 aromatic heterocycles. The van der Waals surface area contributed by atoms with E-state index in [2.05, 4.69) is 13.0 Å². The van der Waals surface area contributed by atoms with E-state index in [0.717, 1.165) is 40.7 Å². The molecule has 0 bridgehead atoms. The van der Waals surface area contributed by atoms with Crippen LogP contribution in [0, 0.1) is 0 Å². The first kappa shape index (κ1) is 14.4. The molecule has 0 spiro atoms. The Bertz CT molecular complexity index is 848. The van der Waals surface area contributed by atoms with Gasteiger partial charge in [-0.05, 0) is 29.2 Å². The molecule has 0 saturated heterocycles. The highest BCUT2D eigenvalue weighted by Crippen LogP contribution is 2.32. The molecule has 3 nitrogen and oxygen atoms in total. The Hall–Kier alpha value is -2.55. The van der Waals surface area contributed by atoms with Gasteiger partial charge in [0, 0.05) is 17.5 Å². The summed E-state index contributed by atoms with van der Waals surface area (Å²) in [5.41, 5.74) is 3.24. The molecular formula is C19H18O3. The van der Waals surface area contributed by atoms with Crippen molar-refractivity contribution in [3.8, 4) is 16.9 Å². The second-order valence-electron chi connectivity index (χ2n) is 5.26. The number of rotatable bonds is 4.